The quantitative estimate of drug-likeness (QED) is 0.730. The molecule has 0 radical (unpaired) electrons. The van der Waals surface area contributed by atoms with Gasteiger partial charge in [0.1, 0.15) is 12.4 Å². The van der Waals surface area contributed by atoms with Gasteiger partial charge in [-0.3, -0.25) is 14.9 Å². The van der Waals surface area contributed by atoms with E-state index in [1.54, 1.807) is 20.1 Å². The largest absolute Gasteiger partial charge is 0.497 e. The lowest BCUT2D eigenvalue weighted by atomic mass is 10.2. The van der Waals surface area contributed by atoms with Crippen molar-refractivity contribution in [3.05, 3.63) is 47.8 Å². The molecule has 1 aromatic heterocycles. The van der Waals surface area contributed by atoms with E-state index in [1.165, 1.54) is 6.20 Å². The van der Waals surface area contributed by atoms with Crippen LogP contribution in [0.4, 0.5) is 0 Å². The topological polar surface area (TPSA) is 113 Å². The second kappa shape index (κ2) is 9.38. The number of amides is 2. The van der Waals surface area contributed by atoms with E-state index in [0.29, 0.717) is 18.1 Å². The molecular formula is C18H21N3O5. The Morgan fingerprint density at radius 3 is 2.73 bits per heavy atom. The molecule has 2 amide bonds. The summed E-state index contributed by atoms with van der Waals surface area (Å²) in [6.07, 6.45) is 1.41. The van der Waals surface area contributed by atoms with E-state index in [4.69, 9.17) is 19.9 Å². The van der Waals surface area contributed by atoms with E-state index >= 15 is 0 Å². The second-order valence-electron chi connectivity index (χ2n) is 5.14. The summed E-state index contributed by atoms with van der Waals surface area (Å²) in [5.41, 5.74) is 6.05. The summed E-state index contributed by atoms with van der Waals surface area (Å²) in [6, 6.07) is 9.00. The molecule has 0 spiro atoms. The maximum Gasteiger partial charge on any atom is 0.280 e. The van der Waals surface area contributed by atoms with Crippen LogP contribution in [0.15, 0.2) is 36.5 Å². The van der Waals surface area contributed by atoms with Crippen molar-refractivity contribution in [1.82, 2.24) is 10.3 Å². The van der Waals surface area contributed by atoms with Crippen molar-refractivity contribution in [3.8, 4) is 17.2 Å². The summed E-state index contributed by atoms with van der Waals surface area (Å²) in [5, 5.41) is 2.14. The van der Waals surface area contributed by atoms with Crippen LogP contribution in [0, 0.1) is 0 Å². The van der Waals surface area contributed by atoms with E-state index < -0.39 is 11.8 Å². The van der Waals surface area contributed by atoms with Crippen LogP contribution < -0.4 is 25.3 Å². The summed E-state index contributed by atoms with van der Waals surface area (Å²) in [5.74, 6) is -0.0841. The highest BCUT2D eigenvalue weighted by molar-refractivity contribution is 6.05. The molecule has 0 saturated heterocycles. The van der Waals surface area contributed by atoms with Crippen LogP contribution in [0.3, 0.4) is 0 Å². The van der Waals surface area contributed by atoms with Crippen LogP contribution in [-0.2, 0) is 11.4 Å². The maximum atomic E-state index is 12.2. The number of methoxy groups -OCH3 is 1. The zero-order valence-electron chi connectivity index (χ0n) is 14.7. The number of nitrogens with zero attached hydrogens (tertiary/aromatic N) is 1. The molecule has 0 unspecified atom stereocenters. The molecule has 138 valence electrons. The maximum absolute atomic E-state index is 12.2. The van der Waals surface area contributed by atoms with Crippen molar-refractivity contribution >= 4 is 11.8 Å². The van der Waals surface area contributed by atoms with Crippen LogP contribution in [-0.4, -0.2) is 37.1 Å². The lowest BCUT2D eigenvalue weighted by molar-refractivity contribution is -0.118. The first-order valence-electron chi connectivity index (χ1n) is 8.00. The van der Waals surface area contributed by atoms with E-state index in [-0.39, 0.29) is 24.6 Å². The molecule has 0 aliphatic carbocycles. The van der Waals surface area contributed by atoms with Crippen molar-refractivity contribution in [2.75, 3.05) is 20.3 Å². The van der Waals surface area contributed by atoms with Gasteiger partial charge >= 0.3 is 0 Å². The number of nitrogens with one attached hydrogen (secondary N) is 1. The van der Waals surface area contributed by atoms with Crippen LogP contribution in [0.5, 0.6) is 17.2 Å². The first kappa shape index (κ1) is 19.2. The summed E-state index contributed by atoms with van der Waals surface area (Å²) in [6.45, 7) is 2.00. The predicted octanol–water partition coefficient (Wildman–Crippen LogP) is 1.28. The number of pyridine rings is 1. The van der Waals surface area contributed by atoms with Gasteiger partial charge in [-0.1, -0.05) is 12.1 Å². The minimum absolute atomic E-state index is 0.0446. The summed E-state index contributed by atoms with van der Waals surface area (Å²) in [7, 11) is 1.59. The SMILES string of the molecule is CCOc1c(OCc2cccc(OC)c2)ccnc1C(=O)NC(=O)CN. The smallest absolute Gasteiger partial charge is 0.280 e. The van der Waals surface area contributed by atoms with Crippen molar-refractivity contribution in [3.63, 3.8) is 0 Å². The number of rotatable bonds is 8. The number of nitrogens with two attached hydrogens (primary N) is 1. The Labute approximate surface area is 151 Å². The zero-order valence-corrected chi connectivity index (χ0v) is 14.7. The van der Waals surface area contributed by atoms with Crippen LogP contribution >= 0.6 is 0 Å². The Morgan fingerprint density at radius 1 is 1.23 bits per heavy atom. The number of aromatic nitrogens is 1. The molecule has 1 heterocycles. The number of carbonyl (C=O) groups is 2. The molecule has 0 bridgehead atoms. The molecule has 8 heteroatoms. The van der Waals surface area contributed by atoms with E-state index in [1.807, 2.05) is 24.3 Å². The van der Waals surface area contributed by atoms with E-state index in [0.717, 1.165) is 5.56 Å². The molecule has 0 atom stereocenters. The first-order chi connectivity index (χ1) is 12.6. The Morgan fingerprint density at radius 2 is 2.04 bits per heavy atom. The van der Waals surface area contributed by atoms with Gasteiger partial charge in [-0.05, 0) is 24.6 Å². The van der Waals surface area contributed by atoms with Crippen LogP contribution in [0.1, 0.15) is 23.0 Å². The molecule has 26 heavy (non-hydrogen) atoms. The fourth-order valence-electron chi connectivity index (χ4n) is 2.15. The van der Waals surface area contributed by atoms with Gasteiger partial charge < -0.3 is 19.9 Å². The molecule has 3 N–H and O–H groups in total. The number of imide groups is 1. The lowest BCUT2D eigenvalue weighted by Gasteiger charge is -2.14. The third-order valence-corrected chi connectivity index (χ3v) is 3.34. The second-order valence-corrected chi connectivity index (χ2v) is 5.14. The first-order valence-corrected chi connectivity index (χ1v) is 8.00. The molecule has 1 aromatic carbocycles. The molecule has 0 aliphatic rings. The van der Waals surface area contributed by atoms with Gasteiger partial charge in [-0.15, -0.1) is 0 Å². The molecule has 0 saturated carbocycles. The predicted molar refractivity (Wildman–Crippen MR) is 94.3 cm³/mol. The molecule has 2 aromatic rings. The fourth-order valence-corrected chi connectivity index (χ4v) is 2.15. The van der Waals surface area contributed by atoms with Gasteiger partial charge in [0.2, 0.25) is 5.91 Å². The van der Waals surface area contributed by atoms with E-state index in [2.05, 4.69) is 10.3 Å². The number of hydrogen-bond acceptors (Lipinski definition) is 7. The third kappa shape index (κ3) is 4.93. The monoisotopic (exact) mass is 359 g/mol. The number of benzene rings is 1. The van der Waals surface area contributed by atoms with Crippen LogP contribution in [0.2, 0.25) is 0 Å². The van der Waals surface area contributed by atoms with Crippen molar-refractivity contribution in [2.45, 2.75) is 13.5 Å². The Kier molecular flexibility index (Phi) is 6.92. The molecular weight excluding hydrogens is 338 g/mol. The summed E-state index contributed by atoms with van der Waals surface area (Å²) in [4.78, 5) is 27.6. The van der Waals surface area contributed by atoms with Gasteiger partial charge in [0.25, 0.3) is 5.91 Å². The molecule has 0 aliphatic heterocycles. The van der Waals surface area contributed by atoms with Gasteiger partial charge in [-0.25, -0.2) is 4.98 Å². The highest BCUT2D eigenvalue weighted by Crippen LogP contribution is 2.30. The van der Waals surface area contributed by atoms with E-state index in [9.17, 15) is 9.59 Å². The van der Waals surface area contributed by atoms with Gasteiger partial charge in [0, 0.05) is 12.3 Å². The van der Waals surface area contributed by atoms with Crippen LogP contribution in [0.25, 0.3) is 0 Å². The normalized spacial score (nSPS) is 10.1. The Hall–Kier alpha value is -3.13. The standard InChI is InChI=1S/C18H21N3O5/c1-3-25-17-14(26-11-12-5-4-6-13(9-12)24-2)7-8-20-16(17)18(23)21-15(22)10-19/h4-9H,3,10-11,19H2,1-2H3,(H,21,22,23). The number of ether oxygens (including phenoxy) is 3. The molecule has 8 nitrogen and oxygen atoms in total. The number of carbonyl (C=O) groups excluding carboxylic acids is 2. The lowest BCUT2D eigenvalue weighted by Crippen LogP contribution is -2.36. The third-order valence-electron chi connectivity index (χ3n) is 3.34. The minimum atomic E-state index is -0.698. The van der Waals surface area contributed by atoms with Gasteiger partial charge in [0.05, 0.1) is 20.3 Å². The summed E-state index contributed by atoms with van der Waals surface area (Å²) >= 11 is 0. The van der Waals surface area contributed by atoms with Crippen molar-refractivity contribution < 1.29 is 23.8 Å². The minimum Gasteiger partial charge on any atom is -0.497 e. The zero-order chi connectivity index (χ0) is 18.9. The average Bonchev–Trinajstić information content (AvgIpc) is 2.67. The van der Waals surface area contributed by atoms with Crippen molar-refractivity contribution in [1.29, 1.82) is 0 Å². The summed E-state index contributed by atoms with van der Waals surface area (Å²) < 4.78 is 16.5. The fraction of sp³-hybridized carbons (Fsp3) is 0.278. The highest BCUT2D eigenvalue weighted by atomic mass is 16.5. The highest BCUT2D eigenvalue weighted by Gasteiger charge is 2.20. The molecule has 2 rings (SSSR count). The number of hydrogen-bond donors (Lipinski definition) is 2. The molecule has 0 fully saturated rings. The van der Waals surface area contributed by atoms with Gasteiger partial charge in [-0.2, -0.15) is 0 Å². The van der Waals surface area contributed by atoms with Crippen molar-refractivity contribution in [2.24, 2.45) is 5.73 Å². The Bertz CT molecular complexity index is 779. The van der Waals surface area contributed by atoms with Gasteiger partial charge in [0.15, 0.2) is 17.2 Å². The average molecular weight is 359 g/mol. The Balaban J connectivity index is 2.23.